The Morgan fingerprint density at radius 3 is 2.37 bits per heavy atom. The molecular weight excluding hydrogens is 376 g/mol. The van der Waals surface area contributed by atoms with E-state index >= 15 is 0 Å². The van der Waals surface area contributed by atoms with E-state index in [1.54, 1.807) is 24.4 Å². The van der Waals surface area contributed by atoms with Crippen molar-refractivity contribution in [2.75, 3.05) is 5.32 Å². The molecule has 1 N–H and O–H groups in total. The zero-order valence-electron chi connectivity index (χ0n) is 9.77. The molecule has 0 unspecified atom stereocenters. The summed E-state index contributed by atoms with van der Waals surface area (Å²) < 4.78 is 3.04. The number of amides is 1. The predicted molar refractivity (Wildman–Crippen MR) is 81.2 cm³/mol. The molecule has 4 nitrogen and oxygen atoms in total. The lowest BCUT2D eigenvalue weighted by atomic mass is 10.3. The van der Waals surface area contributed by atoms with Crippen molar-refractivity contribution in [2.45, 2.75) is 6.54 Å². The summed E-state index contributed by atoms with van der Waals surface area (Å²) in [4.78, 5) is 23.4. The summed E-state index contributed by atoms with van der Waals surface area (Å²) in [5.74, 6) is -0.248. The maximum absolute atomic E-state index is 11.8. The van der Waals surface area contributed by atoms with E-state index in [9.17, 15) is 9.59 Å². The zero-order valence-corrected chi connectivity index (χ0v) is 12.9. The number of hydrogen-bond donors (Lipinski definition) is 1. The van der Waals surface area contributed by atoms with Crippen molar-refractivity contribution in [1.82, 2.24) is 4.57 Å². The Hall–Kier alpha value is -1.40. The Balaban J connectivity index is 2.07. The largest absolute Gasteiger partial charge is 0.325 e. The summed E-state index contributed by atoms with van der Waals surface area (Å²) >= 11 is 6.58. The van der Waals surface area contributed by atoms with Crippen LogP contribution < -0.4 is 10.9 Å². The van der Waals surface area contributed by atoms with Crippen LogP contribution in [0.4, 0.5) is 5.69 Å². The number of carbonyl (C=O) groups excluding carboxylic acids is 1. The highest BCUT2D eigenvalue weighted by Crippen LogP contribution is 2.14. The van der Waals surface area contributed by atoms with Gasteiger partial charge in [-0.3, -0.25) is 9.59 Å². The minimum Gasteiger partial charge on any atom is -0.325 e. The van der Waals surface area contributed by atoms with E-state index < -0.39 is 0 Å². The van der Waals surface area contributed by atoms with Gasteiger partial charge in [-0.05, 0) is 46.3 Å². The molecule has 6 heteroatoms. The van der Waals surface area contributed by atoms with E-state index in [0.717, 1.165) is 8.95 Å². The third-order valence-corrected chi connectivity index (χ3v) is 3.39. The molecule has 0 aliphatic heterocycles. The topological polar surface area (TPSA) is 51.1 Å². The third kappa shape index (κ3) is 4.04. The molecule has 0 aliphatic rings. The number of benzene rings is 1. The van der Waals surface area contributed by atoms with Crippen LogP contribution in [0.15, 0.2) is 56.3 Å². The normalized spacial score (nSPS) is 10.2. The molecule has 0 bridgehead atoms. The third-order valence-electron chi connectivity index (χ3n) is 2.39. The van der Waals surface area contributed by atoms with Gasteiger partial charge in [0, 0.05) is 26.9 Å². The molecule has 2 rings (SSSR count). The quantitative estimate of drug-likeness (QED) is 0.882. The van der Waals surface area contributed by atoms with Gasteiger partial charge in [0.05, 0.1) is 0 Å². The van der Waals surface area contributed by atoms with Crippen molar-refractivity contribution in [3.8, 4) is 0 Å². The average molecular weight is 386 g/mol. The highest BCUT2D eigenvalue weighted by atomic mass is 79.9. The number of nitrogens with zero attached hydrogens (tertiary/aromatic N) is 1. The summed E-state index contributed by atoms with van der Waals surface area (Å²) in [6.45, 7) is -0.0195. The van der Waals surface area contributed by atoms with Gasteiger partial charge in [-0.25, -0.2) is 0 Å². The number of halogens is 2. The van der Waals surface area contributed by atoms with Crippen LogP contribution >= 0.6 is 31.9 Å². The first-order chi connectivity index (χ1) is 9.04. The molecule has 2 aromatic rings. The summed E-state index contributed by atoms with van der Waals surface area (Å²) in [7, 11) is 0. The maximum atomic E-state index is 11.8. The number of hydrogen-bond acceptors (Lipinski definition) is 2. The minimum atomic E-state index is -0.248. The molecule has 0 fully saturated rings. The Kier molecular flexibility index (Phi) is 4.55. The second kappa shape index (κ2) is 6.16. The van der Waals surface area contributed by atoms with E-state index in [4.69, 9.17) is 0 Å². The van der Waals surface area contributed by atoms with E-state index in [0.29, 0.717) is 5.69 Å². The van der Waals surface area contributed by atoms with Gasteiger partial charge < -0.3 is 9.88 Å². The van der Waals surface area contributed by atoms with Gasteiger partial charge in [-0.1, -0.05) is 15.9 Å². The molecule has 1 heterocycles. The monoisotopic (exact) mass is 384 g/mol. The smallest absolute Gasteiger partial charge is 0.251 e. The molecule has 0 saturated heterocycles. The Bertz CT molecular complexity index is 650. The first-order valence-electron chi connectivity index (χ1n) is 5.46. The van der Waals surface area contributed by atoms with Crippen LogP contribution in [0.3, 0.4) is 0 Å². The second-order valence-corrected chi connectivity index (χ2v) is 5.70. The fourth-order valence-corrected chi connectivity index (χ4v) is 2.16. The average Bonchev–Trinajstić information content (AvgIpc) is 2.37. The van der Waals surface area contributed by atoms with Crippen LogP contribution in [0.5, 0.6) is 0 Å². The van der Waals surface area contributed by atoms with Gasteiger partial charge in [0.2, 0.25) is 5.91 Å². The molecular formula is C13H10Br2N2O2. The SMILES string of the molecule is O=C(Cn1cc(Br)ccc1=O)Nc1ccc(Br)cc1. The van der Waals surface area contributed by atoms with Crippen molar-refractivity contribution < 1.29 is 4.79 Å². The van der Waals surface area contributed by atoms with Gasteiger partial charge in [0.1, 0.15) is 6.54 Å². The van der Waals surface area contributed by atoms with E-state index in [-0.39, 0.29) is 18.0 Å². The highest BCUT2D eigenvalue weighted by Gasteiger charge is 2.05. The summed E-state index contributed by atoms with van der Waals surface area (Å²) in [6.07, 6.45) is 1.59. The van der Waals surface area contributed by atoms with Crippen LogP contribution in [0.2, 0.25) is 0 Å². The highest BCUT2D eigenvalue weighted by molar-refractivity contribution is 9.10. The summed E-state index contributed by atoms with van der Waals surface area (Å²) in [6, 6.07) is 10.3. The van der Waals surface area contributed by atoms with E-state index in [1.807, 2.05) is 12.1 Å². The fourth-order valence-electron chi connectivity index (χ4n) is 1.51. The van der Waals surface area contributed by atoms with E-state index in [1.165, 1.54) is 10.6 Å². The molecule has 0 radical (unpaired) electrons. The molecule has 98 valence electrons. The fraction of sp³-hybridized carbons (Fsp3) is 0.0769. The lowest BCUT2D eigenvalue weighted by molar-refractivity contribution is -0.116. The molecule has 0 aliphatic carbocycles. The van der Waals surface area contributed by atoms with Gasteiger partial charge in [0.15, 0.2) is 0 Å². The molecule has 0 spiro atoms. The van der Waals surface area contributed by atoms with Crippen LogP contribution in [0.1, 0.15) is 0 Å². The minimum absolute atomic E-state index is 0.0195. The van der Waals surface area contributed by atoms with Crippen molar-refractivity contribution in [3.63, 3.8) is 0 Å². The lowest BCUT2D eigenvalue weighted by Gasteiger charge is -2.07. The molecule has 19 heavy (non-hydrogen) atoms. The number of aromatic nitrogens is 1. The van der Waals surface area contributed by atoms with Crippen LogP contribution in [0, 0.1) is 0 Å². The standard InChI is InChI=1S/C13H10Br2N2O2/c14-9-1-4-11(5-2-9)16-12(18)8-17-7-10(15)3-6-13(17)19/h1-7H,8H2,(H,16,18). The van der Waals surface area contributed by atoms with Crippen LogP contribution in [0.25, 0.3) is 0 Å². The van der Waals surface area contributed by atoms with Crippen molar-refractivity contribution >= 4 is 43.5 Å². The maximum Gasteiger partial charge on any atom is 0.251 e. The van der Waals surface area contributed by atoms with Crippen LogP contribution in [-0.2, 0) is 11.3 Å². The number of pyridine rings is 1. The molecule has 0 saturated carbocycles. The van der Waals surface area contributed by atoms with Crippen molar-refractivity contribution in [2.24, 2.45) is 0 Å². The zero-order chi connectivity index (χ0) is 13.8. The van der Waals surface area contributed by atoms with Crippen LogP contribution in [-0.4, -0.2) is 10.5 Å². The number of nitrogens with one attached hydrogen (secondary N) is 1. The number of rotatable bonds is 3. The Morgan fingerprint density at radius 2 is 1.68 bits per heavy atom. The lowest BCUT2D eigenvalue weighted by Crippen LogP contribution is -2.26. The summed E-state index contributed by atoms with van der Waals surface area (Å²) in [5.41, 5.74) is 0.477. The van der Waals surface area contributed by atoms with Gasteiger partial charge in [-0.15, -0.1) is 0 Å². The molecule has 1 aromatic carbocycles. The van der Waals surface area contributed by atoms with Gasteiger partial charge in [0.25, 0.3) is 5.56 Å². The predicted octanol–water partition coefficient (Wildman–Crippen LogP) is 3.01. The first kappa shape index (κ1) is 14.0. The van der Waals surface area contributed by atoms with Gasteiger partial charge in [-0.2, -0.15) is 0 Å². The van der Waals surface area contributed by atoms with Crippen molar-refractivity contribution in [1.29, 1.82) is 0 Å². The molecule has 0 atom stereocenters. The summed E-state index contributed by atoms with van der Waals surface area (Å²) in [5, 5.41) is 2.73. The second-order valence-electron chi connectivity index (χ2n) is 3.87. The molecule has 1 aromatic heterocycles. The Morgan fingerprint density at radius 1 is 1.05 bits per heavy atom. The number of carbonyl (C=O) groups is 1. The molecule has 1 amide bonds. The van der Waals surface area contributed by atoms with Gasteiger partial charge >= 0.3 is 0 Å². The first-order valence-corrected chi connectivity index (χ1v) is 7.04. The number of anilines is 1. The Labute approximate surface area is 126 Å². The van der Waals surface area contributed by atoms with E-state index in [2.05, 4.69) is 37.2 Å². The van der Waals surface area contributed by atoms with Crippen molar-refractivity contribution in [3.05, 3.63) is 61.9 Å².